The fraction of sp³-hybridized carbons (Fsp3) is 0. The Morgan fingerprint density at radius 2 is 1.58 bits per heavy atom. The lowest BCUT2D eigenvalue weighted by atomic mass is 10.6. The maximum absolute atomic E-state index is 5.58. The van der Waals surface area contributed by atoms with Crippen LogP contribution in [-0.2, 0) is 0 Å². The third-order valence-corrected chi connectivity index (χ3v) is 2.38. The van der Waals surface area contributed by atoms with Gasteiger partial charge in [-0.05, 0) is 24.3 Å². The molecule has 4 aromatic heterocycles. The van der Waals surface area contributed by atoms with Crippen molar-refractivity contribution < 1.29 is 0 Å². The largest absolute Gasteiger partial charge is 0.213 e. The van der Waals surface area contributed by atoms with Crippen molar-refractivity contribution in [2.75, 3.05) is 0 Å². The first kappa shape index (κ1) is 11.5. The number of hydrogen-bond acceptors (Lipinski definition) is 6. The van der Waals surface area contributed by atoms with Crippen molar-refractivity contribution in [3.63, 3.8) is 0 Å². The molecule has 0 bridgehead atoms. The van der Waals surface area contributed by atoms with Crippen molar-refractivity contribution in [1.29, 1.82) is 0 Å². The fourth-order valence-corrected chi connectivity index (χ4v) is 1.51. The van der Waals surface area contributed by atoms with Gasteiger partial charge >= 0.3 is 0 Å². The van der Waals surface area contributed by atoms with Crippen molar-refractivity contribution >= 4 is 22.9 Å². The van der Waals surface area contributed by atoms with E-state index in [1.54, 1.807) is 18.3 Å². The molecule has 19 heavy (non-hydrogen) atoms. The predicted octanol–water partition coefficient (Wildman–Crippen LogP) is 0.902. The Bertz CT molecular complexity index is 777. The third-order valence-electron chi connectivity index (χ3n) is 2.18. The average Bonchev–Trinajstić information content (AvgIpc) is 3.07. The van der Waals surface area contributed by atoms with Gasteiger partial charge in [0.15, 0.2) is 16.4 Å². The van der Waals surface area contributed by atoms with E-state index in [4.69, 9.17) is 11.6 Å². The highest BCUT2D eigenvalue weighted by Gasteiger charge is 1.94. The molecule has 0 aromatic carbocycles. The van der Waals surface area contributed by atoms with E-state index < -0.39 is 0 Å². The minimum absolute atomic E-state index is 0.415. The molecule has 4 rings (SSSR count). The van der Waals surface area contributed by atoms with Crippen LogP contribution in [0.4, 0.5) is 0 Å². The van der Waals surface area contributed by atoms with E-state index in [2.05, 4.69) is 30.4 Å². The second kappa shape index (κ2) is 4.94. The molecule has 0 saturated carbocycles. The molecule has 0 aliphatic rings. The van der Waals surface area contributed by atoms with E-state index in [1.807, 2.05) is 12.1 Å². The van der Waals surface area contributed by atoms with Crippen LogP contribution in [0, 0.1) is 0 Å². The summed E-state index contributed by atoms with van der Waals surface area (Å²) in [5.74, 6) is 0. The summed E-state index contributed by atoms with van der Waals surface area (Å²) >= 11 is 5.58. The summed E-state index contributed by atoms with van der Waals surface area (Å²) in [5, 5.41) is 15.7. The van der Waals surface area contributed by atoms with Crippen LogP contribution in [0.5, 0.6) is 0 Å². The van der Waals surface area contributed by atoms with Crippen LogP contribution in [0.15, 0.2) is 43.1 Å². The molecule has 0 fully saturated rings. The summed E-state index contributed by atoms with van der Waals surface area (Å²) in [6.07, 6.45) is 4.57. The SMILES string of the molecule is Clc1ccc2ncnn2n1.c1cnn2ncnc2c1. The highest BCUT2D eigenvalue weighted by molar-refractivity contribution is 6.29. The fourth-order valence-electron chi connectivity index (χ4n) is 1.37. The van der Waals surface area contributed by atoms with E-state index in [9.17, 15) is 0 Å². The Balaban J connectivity index is 0.000000117. The van der Waals surface area contributed by atoms with Gasteiger partial charge in [0.05, 0.1) is 0 Å². The topological polar surface area (TPSA) is 86.2 Å². The zero-order valence-electron chi connectivity index (χ0n) is 9.50. The van der Waals surface area contributed by atoms with Crippen LogP contribution in [-0.4, -0.2) is 39.6 Å². The zero-order valence-corrected chi connectivity index (χ0v) is 10.3. The summed E-state index contributed by atoms with van der Waals surface area (Å²) in [5.41, 5.74) is 1.47. The highest BCUT2D eigenvalue weighted by Crippen LogP contribution is 2.02. The molecule has 0 unspecified atom stereocenters. The maximum atomic E-state index is 5.58. The van der Waals surface area contributed by atoms with Gasteiger partial charge in [-0.15, -0.1) is 24.6 Å². The normalized spacial score (nSPS) is 10.4. The van der Waals surface area contributed by atoms with Gasteiger partial charge < -0.3 is 0 Å². The van der Waals surface area contributed by atoms with Gasteiger partial charge in [-0.2, -0.15) is 5.10 Å². The summed E-state index contributed by atoms with van der Waals surface area (Å²) in [7, 11) is 0. The standard InChI is InChI=1S/C5H3ClN4.C5H4N4/c6-4-1-2-5-7-3-8-10(5)9-4;1-2-5-6-4-8-9(5)7-3-1/h1-3H;1-4H. The summed E-state index contributed by atoms with van der Waals surface area (Å²) < 4.78 is 2.85. The predicted molar refractivity (Wildman–Crippen MR) is 66.6 cm³/mol. The van der Waals surface area contributed by atoms with E-state index in [0.29, 0.717) is 10.8 Å². The number of rotatable bonds is 0. The molecule has 0 aliphatic heterocycles. The first-order valence-electron chi connectivity index (χ1n) is 5.26. The number of fused-ring (bicyclic) bond motifs is 2. The first-order chi connectivity index (χ1) is 9.33. The van der Waals surface area contributed by atoms with Crippen LogP contribution in [0.3, 0.4) is 0 Å². The quantitative estimate of drug-likeness (QED) is 0.473. The van der Waals surface area contributed by atoms with Crippen molar-refractivity contribution in [1.82, 2.24) is 39.6 Å². The lowest BCUT2D eigenvalue weighted by Gasteiger charge is -1.88. The molecule has 4 heterocycles. The number of halogens is 1. The second-order valence-corrected chi connectivity index (χ2v) is 3.78. The lowest BCUT2D eigenvalue weighted by Crippen LogP contribution is -1.92. The Morgan fingerprint density at radius 3 is 2.37 bits per heavy atom. The molecule has 0 radical (unpaired) electrons. The van der Waals surface area contributed by atoms with Gasteiger partial charge in [0.2, 0.25) is 0 Å². The molecule has 4 aromatic rings. The molecule has 0 N–H and O–H groups in total. The zero-order chi connectivity index (χ0) is 13.1. The molecule has 0 spiro atoms. The van der Waals surface area contributed by atoms with Gasteiger partial charge in [0.25, 0.3) is 0 Å². The molecule has 0 aliphatic carbocycles. The molecular formula is C10H7ClN8. The second-order valence-electron chi connectivity index (χ2n) is 3.40. The van der Waals surface area contributed by atoms with Gasteiger partial charge in [0.1, 0.15) is 12.7 Å². The molecule has 94 valence electrons. The van der Waals surface area contributed by atoms with Gasteiger partial charge in [-0.25, -0.2) is 9.97 Å². The van der Waals surface area contributed by atoms with E-state index >= 15 is 0 Å². The number of nitrogens with zero attached hydrogens (tertiary/aromatic N) is 8. The van der Waals surface area contributed by atoms with Crippen molar-refractivity contribution in [3.8, 4) is 0 Å². The summed E-state index contributed by atoms with van der Waals surface area (Å²) in [6.45, 7) is 0. The molecular weight excluding hydrogens is 268 g/mol. The first-order valence-corrected chi connectivity index (χ1v) is 5.64. The van der Waals surface area contributed by atoms with E-state index in [0.717, 1.165) is 5.65 Å². The highest BCUT2D eigenvalue weighted by atomic mass is 35.5. The lowest BCUT2D eigenvalue weighted by molar-refractivity contribution is 0.799. The van der Waals surface area contributed by atoms with Crippen molar-refractivity contribution in [3.05, 3.63) is 48.3 Å². The van der Waals surface area contributed by atoms with E-state index in [1.165, 1.54) is 21.9 Å². The van der Waals surface area contributed by atoms with Crippen molar-refractivity contribution in [2.45, 2.75) is 0 Å². The molecule has 8 nitrogen and oxygen atoms in total. The molecule has 9 heteroatoms. The third kappa shape index (κ3) is 2.47. The van der Waals surface area contributed by atoms with E-state index in [-0.39, 0.29) is 0 Å². The number of hydrogen-bond donors (Lipinski definition) is 0. The Morgan fingerprint density at radius 1 is 0.842 bits per heavy atom. The summed E-state index contributed by atoms with van der Waals surface area (Å²) in [6, 6.07) is 7.10. The van der Waals surface area contributed by atoms with Crippen LogP contribution < -0.4 is 0 Å². The Kier molecular flexibility index (Phi) is 2.99. The van der Waals surface area contributed by atoms with Gasteiger partial charge in [-0.1, -0.05) is 11.6 Å². The molecule has 0 amide bonds. The Hall–Kier alpha value is -2.61. The molecule has 0 saturated heterocycles. The van der Waals surface area contributed by atoms with Crippen LogP contribution in [0.25, 0.3) is 11.3 Å². The summed E-state index contributed by atoms with van der Waals surface area (Å²) in [4.78, 5) is 7.80. The monoisotopic (exact) mass is 274 g/mol. The number of aromatic nitrogens is 8. The molecule has 0 atom stereocenters. The maximum Gasteiger partial charge on any atom is 0.176 e. The minimum atomic E-state index is 0.415. The average molecular weight is 275 g/mol. The van der Waals surface area contributed by atoms with Crippen molar-refractivity contribution in [2.24, 2.45) is 0 Å². The van der Waals surface area contributed by atoms with Gasteiger partial charge in [-0.3, -0.25) is 0 Å². The van der Waals surface area contributed by atoms with Gasteiger partial charge in [0, 0.05) is 6.20 Å². The Labute approximate surface area is 111 Å². The van der Waals surface area contributed by atoms with Crippen LogP contribution in [0.2, 0.25) is 5.15 Å². The smallest absolute Gasteiger partial charge is 0.176 e. The van der Waals surface area contributed by atoms with Crippen LogP contribution >= 0.6 is 11.6 Å². The minimum Gasteiger partial charge on any atom is -0.213 e. The van der Waals surface area contributed by atoms with Crippen LogP contribution in [0.1, 0.15) is 0 Å².